The molecule has 0 saturated carbocycles. The van der Waals surface area contributed by atoms with E-state index in [1.165, 1.54) is 0 Å². The van der Waals surface area contributed by atoms with Gasteiger partial charge in [0.1, 0.15) is 0 Å². The van der Waals surface area contributed by atoms with E-state index in [2.05, 4.69) is 10.3 Å². The van der Waals surface area contributed by atoms with E-state index in [-0.39, 0.29) is 5.91 Å². The number of benzene rings is 1. The Bertz CT molecular complexity index is 488. The fourth-order valence-electron chi connectivity index (χ4n) is 1.56. The number of hydrogen-bond acceptors (Lipinski definition) is 2. The minimum Gasteiger partial charge on any atom is -0.359 e. The molecule has 1 aromatic carbocycles. The lowest BCUT2D eigenvalue weighted by atomic mass is 10.1. The van der Waals surface area contributed by atoms with Crippen molar-refractivity contribution in [2.24, 2.45) is 0 Å². The van der Waals surface area contributed by atoms with E-state index in [0.717, 1.165) is 16.5 Å². The van der Waals surface area contributed by atoms with E-state index in [1.807, 2.05) is 30.3 Å². The molecule has 0 saturated heterocycles. The van der Waals surface area contributed by atoms with Crippen LogP contribution < -0.4 is 5.32 Å². The standard InChI is InChI=1S/C12H12N2O/c1-13-12(15)8-11-10-5-3-2-4-9(10)6-7-14-11/h2-7H,8H2,1H3,(H,13,15). The van der Waals surface area contributed by atoms with Gasteiger partial charge in [-0.2, -0.15) is 0 Å². The van der Waals surface area contributed by atoms with Gasteiger partial charge in [-0.1, -0.05) is 24.3 Å². The molecule has 2 rings (SSSR count). The third kappa shape index (κ3) is 1.96. The van der Waals surface area contributed by atoms with Gasteiger partial charge in [-0.15, -0.1) is 0 Å². The molecule has 0 unspecified atom stereocenters. The Balaban J connectivity index is 2.46. The molecule has 0 bridgehead atoms. The number of carbonyl (C=O) groups excluding carboxylic acids is 1. The van der Waals surface area contributed by atoms with Crippen LogP contribution in [0, 0.1) is 0 Å². The summed E-state index contributed by atoms with van der Waals surface area (Å²) in [4.78, 5) is 15.5. The number of rotatable bonds is 2. The summed E-state index contributed by atoms with van der Waals surface area (Å²) in [7, 11) is 1.63. The maximum atomic E-state index is 11.3. The molecule has 0 radical (unpaired) electrons. The van der Waals surface area contributed by atoms with Gasteiger partial charge in [0.2, 0.25) is 5.91 Å². The average molecular weight is 200 g/mol. The largest absolute Gasteiger partial charge is 0.359 e. The van der Waals surface area contributed by atoms with Gasteiger partial charge in [0, 0.05) is 18.6 Å². The van der Waals surface area contributed by atoms with Crippen LogP contribution in [-0.2, 0) is 11.2 Å². The molecule has 0 fully saturated rings. The van der Waals surface area contributed by atoms with Crippen molar-refractivity contribution >= 4 is 16.7 Å². The Morgan fingerprint density at radius 2 is 2.13 bits per heavy atom. The van der Waals surface area contributed by atoms with E-state index in [9.17, 15) is 4.79 Å². The van der Waals surface area contributed by atoms with Crippen LogP contribution in [0.1, 0.15) is 5.69 Å². The van der Waals surface area contributed by atoms with E-state index >= 15 is 0 Å². The summed E-state index contributed by atoms with van der Waals surface area (Å²) < 4.78 is 0. The van der Waals surface area contributed by atoms with Crippen LogP contribution in [0.15, 0.2) is 36.5 Å². The van der Waals surface area contributed by atoms with Crippen molar-refractivity contribution < 1.29 is 4.79 Å². The third-order valence-corrected chi connectivity index (χ3v) is 2.36. The molecule has 2 aromatic rings. The summed E-state index contributed by atoms with van der Waals surface area (Å²) in [5.74, 6) is -0.0150. The van der Waals surface area contributed by atoms with Crippen LogP contribution in [0.5, 0.6) is 0 Å². The molecule has 0 atom stereocenters. The summed E-state index contributed by atoms with van der Waals surface area (Å²) in [6, 6.07) is 9.89. The molecule has 1 aromatic heterocycles. The Hall–Kier alpha value is -1.90. The van der Waals surface area contributed by atoms with Crippen LogP contribution in [0.3, 0.4) is 0 Å². The number of likely N-dealkylation sites (N-methyl/N-ethyl adjacent to an activating group) is 1. The van der Waals surface area contributed by atoms with Crippen LogP contribution in [0.25, 0.3) is 10.8 Å². The zero-order chi connectivity index (χ0) is 10.7. The van der Waals surface area contributed by atoms with Crippen molar-refractivity contribution in [3.05, 3.63) is 42.2 Å². The molecule has 0 aliphatic rings. The van der Waals surface area contributed by atoms with Gasteiger partial charge < -0.3 is 5.32 Å². The zero-order valence-corrected chi connectivity index (χ0v) is 8.53. The second-order valence-electron chi connectivity index (χ2n) is 3.33. The Morgan fingerprint density at radius 3 is 2.93 bits per heavy atom. The molecule has 1 N–H and O–H groups in total. The highest BCUT2D eigenvalue weighted by Gasteiger charge is 2.05. The highest BCUT2D eigenvalue weighted by Crippen LogP contribution is 2.16. The quantitative estimate of drug-likeness (QED) is 0.798. The minimum atomic E-state index is -0.0150. The number of carbonyl (C=O) groups is 1. The number of pyridine rings is 1. The van der Waals surface area contributed by atoms with Gasteiger partial charge in [-0.05, 0) is 11.5 Å². The second-order valence-corrected chi connectivity index (χ2v) is 3.33. The lowest BCUT2D eigenvalue weighted by Gasteiger charge is -2.04. The summed E-state index contributed by atoms with van der Waals surface area (Å²) in [6.45, 7) is 0. The fraction of sp³-hybridized carbons (Fsp3) is 0.167. The summed E-state index contributed by atoms with van der Waals surface area (Å²) in [5, 5.41) is 4.76. The molecule has 0 aliphatic heterocycles. The lowest BCUT2D eigenvalue weighted by Crippen LogP contribution is -2.20. The first-order chi connectivity index (χ1) is 7.31. The molecule has 76 valence electrons. The van der Waals surface area contributed by atoms with Gasteiger partial charge in [0.15, 0.2) is 0 Å². The molecule has 15 heavy (non-hydrogen) atoms. The van der Waals surface area contributed by atoms with Crippen LogP contribution in [0.4, 0.5) is 0 Å². The van der Waals surface area contributed by atoms with Crippen LogP contribution in [-0.4, -0.2) is 17.9 Å². The maximum absolute atomic E-state index is 11.3. The Morgan fingerprint density at radius 1 is 1.33 bits per heavy atom. The first-order valence-corrected chi connectivity index (χ1v) is 4.84. The second kappa shape index (κ2) is 4.09. The van der Waals surface area contributed by atoms with Crippen molar-refractivity contribution in [3.63, 3.8) is 0 Å². The van der Waals surface area contributed by atoms with Crippen LogP contribution in [0.2, 0.25) is 0 Å². The zero-order valence-electron chi connectivity index (χ0n) is 8.53. The molecule has 0 aliphatic carbocycles. The average Bonchev–Trinajstić information content (AvgIpc) is 2.29. The smallest absolute Gasteiger partial charge is 0.225 e. The molecule has 0 spiro atoms. The van der Waals surface area contributed by atoms with E-state index in [1.54, 1.807) is 13.2 Å². The predicted octanol–water partition coefficient (Wildman–Crippen LogP) is 1.52. The molecular weight excluding hydrogens is 188 g/mol. The Kier molecular flexibility index (Phi) is 2.63. The molecule has 1 amide bonds. The SMILES string of the molecule is CNC(=O)Cc1nccc2ccccc12. The molecule has 1 heterocycles. The number of amides is 1. The summed E-state index contributed by atoms with van der Waals surface area (Å²) in [5.41, 5.74) is 0.826. The topological polar surface area (TPSA) is 42.0 Å². The lowest BCUT2D eigenvalue weighted by molar-refractivity contribution is -0.119. The maximum Gasteiger partial charge on any atom is 0.225 e. The predicted molar refractivity (Wildman–Crippen MR) is 59.5 cm³/mol. The van der Waals surface area contributed by atoms with Gasteiger partial charge in [0.05, 0.1) is 12.1 Å². The van der Waals surface area contributed by atoms with Crippen molar-refractivity contribution in [1.29, 1.82) is 0 Å². The van der Waals surface area contributed by atoms with Crippen molar-refractivity contribution in [2.45, 2.75) is 6.42 Å². The number of nitrogens with one attached hydrogen (secondary N) is 1. The number of fused-ring (bicyclic) bond motifs is 1. The first-order valence-electron chi connectivity index (χ1n) is 4.84. The summed E-state index contributed by atoms with van der Waals surface area (Å²) >= 11 is 0. The van der Waals surface area contributed by atoms with Crippen molar-refractivity contribution in [2.75, 3.05) is 7.05 Å². The normalized spacial score (nSPS) is 10.2. The fourth-order valence-corrected chi connectivity index (χ4v) is 1.56. The van der Waals surface area contributed by atoms with Gasteiger partial charge >= 0.3 is 0 Å². The summed E-state index contributed by atoms with van der Waals surface area (Å²) in [6.07, 6.45) is 2.07. The number of aromatic nitrogens is 1. The Labute approximate surface area is 88.1 Å². The van der Waals surface area contributed by atoms with Gasteiger partial charge in [-0.3, -0.25) is 9.78 Å². The molecule has 3 heteroatoms. The van der Waals surface area contributed by atoms with Gasteiger partial charge in [-0.25, -0.2) is 0 Å². The number of nitrogens with zero attached hydrogens (tertiary/aromatic N) is 1. The van der Waals surface area contributed by atoms with Crippen molar-refractivity contribution in [1.82, 2.24) is 10.3 Å². The van der Waals surface area contributed by atoms with E-state index in [4.69, 9.17) is 0 Å². The molecular formula is C12H12N2O. The van der Waals surface area contributed by atoms with Crippen molar-refractivity contribution in [3.8, 4) is 0 Å². The molecule has 3 nitrogen and oxygen atoms in total. The van der Waals surface area contributed by atoms with E-state index in [0.29, 0.717) is 6.42 Å². The number of hydrogen-bond donors (Lipinski definition) is 1. The third-order valence-electron chi connectivity index (χ3n) is 2.36. The first kappa shape index (κ1) is 9.65. The van der Waals surface area contributed by atoms with E-state index < -0.39 is 0 Å². The minimum absolute atomic E-state index is 0.0150. The monoisotopic (exact) mass is 200 g/mol. The highest BCUT2D eigenvalue weighted by molar-refractivity contribution is 5.88. The van der Waals surface area contributed by atoms with Gasteiger partial charge in [0.25, 0.3) is 0 Å². The van der Waals surface area contributed by atoms with Crippen LogP contribution >= 0.6 is 0 Å². The highest BCUT2D eigenvalue weighted by atomic mass is 16.1.